The van der Waals surface area contributed by atoms with E-state index in [1.165, 1.54) is 51.4 Å². The van der Waals surface area contributed by atoms with Gasteiger partial charge in [-0.1, -0.05) is 27.7 Å². The molecule has 0 aliphatic heterocycles. The Labute approximate surface area is 143 Å². The van der Waals surface area contributed by atoms with E-state index >= 15 is 0 Å². The zero-order valence-electron chi connectivity index (χ0n) is 16.1. The van der Waals surface area contributed by atoms with Gasteiger partial charge in [-0.25, -0.2) is 0 Å². The fourth-order valence-corrected chi connectivity index (χ4v) is 8.16. The van der Waals surface area contributed by atoms with Gasteiger partial charge in [0, 0.05) is 7.11 Å². The van der Waals surface area contributed by atoms with Gasteiger partial charge in [-0.05, 0) is 97.7 Å². The summed E-state index contributed by atoms with van der Waals surface area (Å²) in [7, 11) is 1.95. The Bertz CT molecular complexity index is 459. The van der Waals surface area contributed by atoms with Crippen LogP contribution in [0.15, 0.2) is 0 Å². The average Bonchev–Trinajstić information content (AvgIpc) is 2.85. The van der Waals surface area contributed by atoms with Crippen LogP contribution in [0.4, 0.5) is 0 Å². The first-order chi connectivity index (χ1) is 10.9. The van der Waals surface area contributed by atoms with Crippen molar-refractivity contribution in [1.29, 1.82) is 0 Å². The molecule has 1 heteroatoms. The second-order valence-corrected chi connectivity index (χ2v) is 10.4. The molecule has 0 aromatic heterocycles. The predicted octanol–water partition coefficient (Wildman–Crippen LogP) is 5.93. The summed E-state index contributed by atoms with van der Waals surface area (Å²) >= 11 is 0. The van der Waals surface area contributed by atoms with Crippen LogP contribution >= 0.6 is 0 Å². The summed E-state index contributed by atoms with van der Waals surface area (Å²) < 4.78 is 5.93. The van der Waals surface area contributed by atoms with Crippen molar-refractivity contribution in [1.82, 2.24) is 0 Å². The van der Waals surface area contributed by atoms with Gasteiger partial charge in [-0.3, -0.25) is 0 Å². The first-order valence-electron chi connectivity index (χ1n) is 10.4. The van der Waals surface area contributed by atoms with Crippen molar-refractivity contribution in [2.75, 3.05) is 7.11 Å². The lowest BCUT2D eigenvalue weighted by molar-refractivity contribution is -0.138. The quantitative estimate of drug-likeness (QED) is 0.582. The number of ether oxygens (including phenoxy) is 1. The highest BCUT2D eigenvalue weighted by molar-refractivity contribution is 5.10. The molecule has 23 heavy (non-hydrogen) atoms. The maximum Gasteiger partial charge on any atom is 0.0627 e. The Morgan fingerprint density at radius 1 is 0.826 bits per heavy atom. The van der Waals surface area contributed by atoms with E-state index in [1.807, 2.05) is 7.11 Å². The highest BCUT2D eigenvalue weighted by Crippen LogP contribution is 2.67. The highest BCUT2D eigenvalue weighted by Gasteiger charge is 2.60. The lowest BCUT2D eigenvalue weighted by Gasteiger charge is -2.62. The van der Waals surface area contributed by atoms with Crippen LogP contribution in [0.25, 0.3) is 0 Å². The van der Waals surface area contributed by atoms with Crippen molar-refractivity contribution in [3.63, 3.8) is 0 Å². The van der Waals surface area contributed by atoms with E-state index in [1.54, 1.807) is 0 Å². The second kappa shape index (κ2) is 5.48. The zero-order chi connectivity index (χ0) is 16.4. The molecule has 0 saturated heterocycles. The Morgan fingerprint density at radius 3 is 2.30 bits per heavy atom. The molecule has 0 radical (unpaired) electrons. The number of fused-ring (bicyclic) bond motifs is 5. The second-order valence-electron chi connectivity index (χ2n) is 10.4. The number of rotatable bonds is 1. The maximum absolute atomic E-state index is 5.93. The van der Waals surface area contributed by atoms with Gasteiger partial charge in [-0.15, -0.1) is 0 Å². The molecule has 0 N–H and O–H groups in total. The van der Waals surface area contributed by atoms with Crippen LogP contribution in [0.3, 0.4) is 0 Å². The smallest absolute Gasteiger partial charge is 0.0627 e. The summed E-state index contributed by atoms with van der Waals surface area (Å²) in [4.78, 5) is 0. The third-order valence-corrected chi connectivity index (χ3v) is 9.65. The number of methoxy groups -OCH3 is 1. The molecule has 4 rings (SSSR count). The molecular weight excluding hydrogens is 280 g/mol. The van der Waals surface area contributed by atoms with Gasteiger partial charge in [0.25, 0.3) is 0 Å². The summed E-state index contributed by atoms with van der Waals surface area (Å²) in [5.41, 5.74) is 1.12. The van der Waals surface area contributed by atoms with E-state index in [2.05, 4.69) is 27.7 Å². The molecule has 0 bridgehead atoms. The van der Waals surface area contributed by atoms with E-state index in [4.69, 9.17) is 4.74 Å². The van der Waals surface area contributed by atoms with E-state index < -0.39 is 0 Å². The van der Waals surface area contributed by atoms with Crippen molar-refractivity contribution in [2.24, 2.45) is 46.3 Å². The third-order valence-electron chi connectivity index (χ3n) is 9.65. The van der Waals surface area contributed by atoms with Gasteiger partial charge in [0.15, 0.2) is 0 Å². The van der Waals surface area contributed by atoms with Gasteiger partial charge in [-0.2, -0.15) is 0 Å². The SMILES string of the molecule is CO[C@H]1CC[C@H]2[C@@H]3CC[C@H]4C[C@H](C)[C@@H](C)C[C@]4(C)[C@H]3CC[C@]12C. The zero-order valence-corrected chi connectivity index (χ0v) is 16.1. The summed E-state index contributed by atoms with van der Waals surface area (Å²) in [6.45, 7) is 10.3. The van der Waals surface area contributed by atoms with Gasteiger partial charge in [0.05, 0.1) is 6.10 Å². The molecule has 4 saturated carbocycles. The minimum Gasteiger partial charge on any atom is -0.381 e. The molecule has 4 aliphatic rings. The van der Waals surface area contributed by atoms with Gasteiger partial charge in [0.2, 0.25) is 0 Å². The van der Waals surface area contributed by atoms with Crippen molar-refractivity contribution in [3.8, 4) is 0 Å². The molecule has 0 spiro atoms. The highest BCUT2D eigenvalue weighted by atomic mass is 16.5. The van der Waals surface area contributed by atoms with Crippen LogP contribution in [0.1, 0.15) is 79.1 Å². The standard InChI is InChI=1S/C22H38O/c1-14-12-16-6-7-17-18-8-9-20(23-5)21(18,3)11-10-19(17)22(16,4)13-15(14)2/h14-20H,6-13H2,1-5H3/t14-,15-,16-,17-,18-,19-,20-,21-,22-/m0/s1. The molecule has 0 heterocycles. The molecule has 9 atom stereocenters. The van der Waals surface area contributed by atoms with E-state index in [9.17, 15) is 0 Å². The van der Waals surface area contributed by atoms with E-state index in [0.717, 1.165) is 35.5 Å². The van der Waals surface area contributed by atoms with Crippen LogP contribution in [-0.2, 0) is 4.74 Å². The van der Waals surface area contributed by atoms with Crippen molar-refractivity contribution in [2.45, 2.75) is 85.2 Å². The van der Waals surface area contributed by atoms with E-state index in [-0.39, 0.29) is 0 Å². The van der Waals surface area contributed by atoms with Gasteiger partial charge >= 0.3 is 0 Å². The van der Waals surface area contributed by atoms with E-state index in [0.29, 0.717) is 16.9 Å². The molecule has 0 aromatic carbocycles. The Hall–Kier alpha value is -0.0400. The lowest BCUT2D eigenvalue weighted by Crippen LogP contribution is -2.55. The topological polar surface area (TPSA) is 9.23 Å². The van der Waals surface area contributed by atoms with Crippen LogP contribution in [0.2, 0.25) is 0 Å². The molecular formula is C22H38O. The molecule has 0 unspecified atom stereocenters. The fraction of sp³-hybridized carbons (Fsp3) is 1.00. The molecule has 4 fully saturated rings. The van der Waals surface area contributed by atoms with Crippen molar-refractivity contribution in [3.05, 3.63) is 0 Å². The maximum atomic E-state index is 5.93. The van der Waals surface area contributed by atoms with Crippen LogP contribution in [-0.4, -0.2) is 13.2 Å². The molecule has 132 valence electrons. The minimum atomic E-state index is 0.479. The van der Waals surface area contributed by atoms with Gasteiger partial charge in [0.1, 0.15) is 0 Å². The summed E-state index contributed by atoms with van der Waals surface area (Å²) in [5.74, 6) is 5.83. The summed E-state index contributed by atoms with van der Waals surface area (Å²) in [5, 5.41) is 0. The van der Waals surface area contributed by atoms with Crippen LogP contribution < -0.4 is 0 Å². The summed E-state index contributed by atoms with van der Waals surface area (Å²) in [6, 6.07) is 0. The molecule has 0 amide bonds. The Balaban J connectivity index is 1.62. The normalized spacial score (nSPS) is 59.1. The number of hydrogen-bond donors (Lipinski definition) is 0. The minimum absolute atomic E-state index is 0.479. The van der Waals surface area contributed by atoms with Crippen LogP contribution in [0, 0.1) is 46.3 Å². The predicted molar refractivity (Wildman–Crippen MR) is 96.2 cm³/mol. The first-order valence-corrected chi connectivity index (χ1v) is 10.4. The fourth-order valence-electron chi connectivity index (χ4n) is 8.16. The van der Waals surface area contributed by atoms with Crippen molar-refractivity contribution < 1.29 is 4.74 Å². The van der Waals surface area contributed by atoms with Crippen LogP contribution in [0.5, 0.6) is 0 Å². The molecule has 4 aliphatic carbocycles. The Morgan fingerprint density at radius 2 is 1.57 bits per heavy atom. The molecule has 1 nitrogen and oxygen atoms in total. The third kappa shape index (κ3) is 2.21. The van der Waals surface area contributed by atoms with Crippen molar-refractivity contribution >= 4 is 0 Å². The van der Waals surface area contributed by atoms with Gasteiger partial charge < -0.3 is 4.74 Å². The Kier molecular flexibility index (Phi) is 3.91. The first kappa shape index (κ1) is 16.4. The largest absolute Gasteiger partial charge is 0.381 e. The average molecular weight is 319 g/mol. The molecule has 0 aromatic rings. The monoisotopic (exact) mass is 318 g/mol. The lowest BCUT2D eigenvalue weighted by atomic mass is 9.43. The number of hydrogen-bond acceptors (Lipinski definition) is 1. The summed E-state index contributed by atoms with van der Waals surface area (Å²) in [6.07, 6.45) is 12.2.